The minimum atomic E-state index is -0.630. The molecule has 132 valence electrons. The van der Waals surface area contributed by atoms with E-state index in [0.29, 0.717) is 16.6 Å². The van der Waals surface area contributed by atoms with Crippen molar-refractivity contribution in [1.29, 1.82) is 0 Å². The molecular weight excluding hydrogens is 356 g/mol. The second-order valence-electron chi connectivity index (χ2n) is 5.79. The number of carbonyl (C=O) groups excluding carboxylic acids is 2. The first-order valence-corrected chi connectivity index (χ1v) is 8.67. The maximum Gasteiger partial charge on any atom is 0.354 e. The lowest BCUT2D eigenvalue weighted by molar-refractivity contribution is -0.117. The van der Waals surface area contributed by atoms with Crippen LogP contribution in [0.3, 0.4) is 0 Å². The van der Waals surface area contributed by atoms with E-state index in [0.717, 1.165) is 14.8 Å². The highest BCUT2D eigenvalue weighted by molar-refractivity contribution is 7.13. The third kappa shape index (κ3) is 2.80. The average Bonchev–Trinajstić information content (AvgIpc) is 3.28. The van der Waals surface area contributed by atoms with Crippen molar-refractivity contribution in [3.63, 3.8) is 0 Å². The van der Waals surface area contributed by atoms with Gasteiger partial charge in [0.1, 0.15) is 6.54 Å². The summed E-state index contributed by atoms with van der Waals surface area (Å²) in [6.07, 6.45) is 1.57. The molecule has 1 N–H and O–H groups in total. The predicted octanol–water partition coefficient (Wildman–Crippen LogP) is 1.44. The van der Waals surface area contributed by atoms with Crippen LogP contribution in [0.2, 0.25) is 0 Å². The van der Waals surface area contributed by atoms with Gasteiger partial charge >= 0.3 is 11.7 Å². The molecule has 0 radical (unpaired) electrons. The molecule has 0 bridgehead atoms. The fourth-order valence-corrected chi connectivity index (χ4v) is 3.30. The minimum absolute atomic E-state index is 0.179. The standard InChI is InChI=1S/C16H14N6O3S/c1-10-3-2-4-11(7-10)20-8-12-19-21(16(25)22(12)15(20)24)9-13(23)18-14-17-5-6-26-14/h2-7H,8-9H2,1H3,(H,17,18,23). The van der Waals surface area contributed by atoms with Gasteiger partial charge in [-0.2, -0.15) is 9.67 Å². The molecule has 0 unspecified atom stereocenters. The topological polar surface area (TPSA) is 102 Å². The molecule has 0 aliphatic carbocycles. The summed E-state index contributed by atoms with van der Waals surface area (Å²) >= 11 is 1.27. The van der Waals surface area contributed by atoms with E-state index in [2.05, 4.69) is 15.4 Å². The molecule has 3 heterocycles. The summed E-state index contributed by atoms with van der Waals surface area (Å²) in [5, 5.41) is 8.88. The van der Waals surface area contributed by atoms with Crippen LogP contribution in [-0.4, -0.2) is 31.3 Å². The smallest absolute Gasteiger partial charge is 0.300 e. The maximum absolute atomic E-state index is 12.6. The van der Waals surface area contributed by atoms with Crippen LogP contribution < -0.4 is 15.9 Å². The molecule has 0 atom stereocenters. The van der Waals surface area contributed by atoms with E-state index in [1.165, 1.54) is 16.2 Å². The van der Waals surface area contributed by atoms with Crippen LogP contribution >= 0.6 is 11.3 Å². The van der Waals surface area contributed by atoms with E-state index in [4.69, 9.17) is 0 Å². The largest absolute Gasteiger partial charge is 0.354 e. The van der Waals surface area contributed by atoms with Crippen LogP contribution in [0.15, 0.2) is 40.6 Å². The second kappa shape index (κ2) is 6.23. The number of hydrogen-bond donors (Lipinski definition) is 1. The average molecular weight is 370 g/mol. The molecule has 0 fully saturated rings. The van der Waals surface area contributed by atoms with Gasteiger partial charge < -0.3 is 5.32 Å². The Morgan fingerprint density at radius 2 is 2.19 bits per heavy atom. The minimum Gasteiger partial charge on any atom is -0.300 e. The fraction of sp³-hybridized carbons (Fsp3) is 0.188. The van der Waals surface area contributed by atoms with Crippen molar-refractivity contribution in [3.05, 3.63) is 57.7 Å². The van der Waals surface area contributed by atoms with E-state index >= 15 is 0 Å². The number of fused-ring (bicyclic) bond motifs is 1. The first kappa shape index (κ1) is 16.2. The summed E-state index contributed by atoms with van der Waals surface area (Å²) in [4.78, 5) is 42.5. The van der Waals surface area contributed by atoms with E-state index in [1.54, 1.807) is 17.6 Å². The number of aryl methyl sites for hydroxylation is 1. The van der Waals surface area contributed by atoms with Crippen LogP contribution in [0.25, 0.3) is 0 Å². The van der Waals surface area contributed by atoms with Crippen molar-refractivity contribution in [2.45, 2.75) is 20.0 Å². The number of hydrogen-bond acceptors (Lipinski definition) is 6. The fourth-order valence-electron chi connectivity index (χ4n) is 2.76. The van der Waals surface area contributed by atoms with E-state index in [-0.39, 0.29) is 13.1 Å². The quantitative estimate of drug-likeness (QED) is 0.749. The van der Waals surface area contributed by atoms with Crippen molar-refractivity contribution in [2.75, 3.05) is 10.2 Å². The highest BCUT2D eigenvalue weighted by atomic mass is 32.1. The second-order valence-corrected chi connectivity index (χ2v) is 6.68. The number of thiazole rings is 1. The number of nitrogens with one attached hydrogen (secondary N) is 1. The zero-order valence-electron chi connectivity index (χ0n) is 13.7. The summed E-state index contributed by atoms with van der Waals surface area (Å²) in [7, 11) is 0. The van der Waals surface area contributed by atoms with Crippen LogP contribution in [0.4, 0.5) is 15.6 Å². The molecule has 1 aliphatic heterocycles. The molecule has 0 saturated carbocycles. The van der Waals surface area contributed by atoms with Gasteiger partial charge in [-0.3, -0.25) is 9.69 Å². The first-order chi connectivity index (χ1) is 12.5. The third-order valence-electron chi connectivity index (χ3n) is 3.91. The Morgan fingerprint density at radius 3 is 2.88 bits per heavy atom. The molecule has 26 heavy (non-hydrogen) atoms. The van der Waals surface area contributed by atoms with Crippen LogP contribution in [-0.2, 0) is 17.9 Å². The Hall–Kier alpha value is -3.27. The molecule has 9 nitrogen and oxygen atoms in total. The summed E-state index contributed by atoms with van der Waals surface area (Å²) in [5.74, 6) is -0.120. The molecule has 10 heteroatoms. The Labute approximate surface area is 151 Å². The Bertz CT molecular complexity index is 1050. The zero-order valence-corrected chi connectivity index (χ0v) is 14.6. The van der Waals surface area contributed by atoms with Gasteiger partial charge in [-0.05, 0) is 24.6 Å². The van der Waals surface area contributed by atoms with Crippen LogP contribution in [0.1, 0.15) is 11.4 Å². The molecule has 0 spiro atoms. The monoisotopic (exact) mass is 370 g/mol. The highest BCUT2D eigenvalue weighted by Crippen LogP contribution is 2.23. The van der Waals surface area contributed by atoms with Crippen molar-refractivity contribution < 1.29 is 9.59 Å². The molecule has 1 aromatic carbocycles. The normalized spacial score (nSPS) is 13.1. The Balaban J connectivity index is 1.55. The lowest BCUT2D eigenvalue weighted by Crippen LogP contribution is -2.36. The Morgan fingerprint density at radius 1 is 1.35 bits per heavy atom. The van der Waals surface area contributed by atoms with Crippen molar-refractivity contribution in [2.24, 2.45) is 0 Å². The number of nitrogens with zero attached hydrogens (tertiary/aromatic N) is 5. The van der Waals surface area contributed by atoms with Gasteiger partial charge in [0.25, 0.3) is 0 Å². The molecule has 3 aromatic rings. The highest BCUT2D eigenvalue weighted by Gasteiger charge is 2.33. The summed E-state index contributed by atoms with van der Waals surface area (Å²) in [6.45, 7) is 1.82. The molecular formula is C16H14N6O3S. The lowest BCUT2D eigenvalue weighted by Gasteiger charge is -2.15. The van der Waals surface area contributed by atoms with Gasteiger partial charge in [0.15, 0.2) is 11.0 Å². The third-order valence-corrected chi connectivity index (χ3v) is 4.60. The van der Waals surface area contributed by atoms with Crippen LogP contribution in [0.5, 0.6) is 0 Å². The van der Waals surface area contributed by atoms with Crippen LogP contribution in [0, 0.1) is 6.92 Å². The van der Waals surface area contributed by atoms with E-state index in [9.17, 15) is 14.4 Å². The number of anilines is 2. The number of rotatable bonds is 4. The van der Waals surface area contributed by atoms with Crippen molar-refractivity contribution in [3.8, 4) is 0 Å². The number of carbonyl (C=O) groups is 2. The summed E-state index contributed by atoms with van der Waals surface area (Å²) in [6, 6.07) is 6.97. The maximum atomic E-state index is 12.6. The first-order valence-electron chi connectivity index (χ1n) is 7.79. The molecule has 2 amide bonds. The van der Waals surface area contributed by atoms with E-state index in [1.807, 2.05) is 25.1 Å². The van der Waals surface area contributed by atoms with Gasteiger partial charge in [-0.1, -0.05) is 12.1 Å². The van der Waals surface area contributed by atoms with Crippen molar-refractivity contribution in [1.82, 2.24) is 19.3 Å². The molecule has 2 aromatic heterocycles. The van der Waals surface area contributed by atoms with E-state index < -0.39 is 17.6 Å². The van der Waals surface area contributed by atoms with Gasteiger partial charge in [-0.25, -0.2) is 19.3 Å². The van der Waals surface area contributed by atoms with Gasteiger partial charge in [0.2, 0.25) is 5.91 Å². The molecule has 4 rings (SSSR count). The Kier molecular flexibility index (Phi) is 3.88. The van der Waals surface area contributed by atoms with Gasteiger partial charge in [0.05, 0.1) is 6.54 Å². The summed E-state index contributed by atoms with van der Waals surface area (Å²) in [5.41, 5.74) is 1.08. The molecule has 0 saturated heterocycles. The predicted molar refractivity (Wildman–Crippen MR) is 95.4 cm³/mol. The SMILES string of the molecule is Cc1cccc(N2Cc3nn(CC(=O)Nc4nccs4)c(=O)n3C2=O)c1. The number of aromatic nitrogens is 4. The zero-order chi connectivity index (χ0) is 18.3. The molecule has 1 aliphatic rings. The van der Waals surface area contributed by atoms with Crippen molar-refractivity contribution >= 4 is 34.1 Å². The van der Waals surface area contributed by atoms with Gasteiger partial charge in [0, 0.05) is 17.3 Å². The lowest BCUT2D eigenvalue weighted by atomic mass is 10.2. The summed E-state index contributed by atoms with van der Waals surface area (Å²) < 4.78 is 1.99. The number of amides is 2. The number of benzene rings is 1. The van der Waals surface area contributed by atoms with Gasteiger partial charge in [-0.15, -0.1) is 11.3 Å².